The van der Waals surface area contributed by atoms with Gasteiger partial charge in [0.2, 0.25) is 11.7 Å². The second-order valence-electron chi connectivity index (χ2n) is 8.13. The van der Waals surface area contributed by atoms with Crippen LogP contribution >= 0.6 is 0 Å². The van der Waals surface area contributed by atoms with E-state index in [0.717, 1.165) is 12.8 Å². The van der Waals surface area contributed by atoms with Crippen LogP contribution in [0.1, 0.15) is 18.7 Å². The lowest BCUT2D eigenvalue weighted by molar-refractivity contribution is -0.159. The molecule has 0 aliphatic carbocycles. The van der Waals surface area contributed by atoms with Crippen molar-refractivity contribution in [3.8, 4) is 0 Å². The number of carbonyl (C=O) groups is 3. The molecule has 3 aromatic rings. The fourth-order valence-corrected chi connectivity index (χ4v) is 3.88. The zero-order valence-corrected chi connectivity index (χ0v) is 19.0. The van der Waals surface area contributed by atoms with E-state index in [0.29, 0.717) is 29.9 Å². The van der Waals surface area contributed by atoms with E-state index in [-0.39, 0.29) is 24.9 Å². The van der Waals surface area contributed by atoms with Crippen molar-refractivity contribution in [3.05, 3.63) is 54.5 Å². The lowest BCUT2D eigenvalue weighted by Gasteiger charge is -2.32. The second kappa shape index (κ2) is 11.6. The average Bonchev–Trinajstić information content (AvgIpc) is 3.20. The number of imidazole rings is 1. The summed E-state index contributed by atoms with van der Waals surface area (Å²) >= 11 is 0. The van der Waals surface area contributed by atoms with E-state index in [2.05, 4.69) is 15.3 Å². The van der Waals surface area contributed by atoms with Gasteiger partial charge in [0.05, 0.1) is 17.6 Å². The highest BCUT2D eigenvalue weighted by molar-refractivity contribution is 6.27. The number of hydrogen-bond acceptors (Lipinski definition) is 6. The topological polar surface area (TPSA) is 138 Å². The molecule has 0 bridgehead atoms. The predicted octanol–water partition coefficient (Wildman–Crippen LogP) is 2.96. The number of rotatable bonds is 5. The van der Waals surface area contributed by atoms with Crippen molar-refractivity contribution in [2.75, 3.05) is 25.0 Å². The molecule has 1 amide bonds. The number of nitrogens with one attached hydrogen (secondary N) is 1. The Morgan fingerprint density at radius 3 is 2.22 bits per heavy atom. The van der Waals surface area contributed by atoms with E-state index >= 15 is 0 Å². The molecule has 0 spiro atoms. The fourth-order valence-electron chi connectivity index (χ4n) is 3.88. The van der Waals surface area contributed by atoms with Crippen LogP contribution in [-0.4, -0.2) is 67.1 Å². The smallest absolute Gasteiger partial charge is 0.449 e. The van der Waals surface area contributed by atoms with Crippen LogP contribution < -0.4 is 5.32 Å². The van der Waals surface area contributed by atoms with Gasteiger partial charge >= 0.3 is 18.1 Å². The average molecular weight is 507 g/mol. The van der Waals surface area contributed by atoms with Gasteiger partial charge < -0.3 is 20.1 Å². The van der Waals surface area contributed by atoms with Gasteiger partial charge in [0.25, 0.3) is 0 Å². The zero-order valence-electron chi connectivity index (χ0n) is 19.0. The van der Waals surface area contributed by atoms with Crippen LogP contribution in [0.4, 0.5) is 19.0 Å². The second-order valence-corrected chi connectivity index (χ2v) is 8.13. The summed E-state index contributed by atoms with van der Waals surface area (Å²) < 4.78 is 41.7. The van der Waals surface area contributed by atoms with Crippen molar-refractivity contribution in [3.63, 3.8) is 0 Å². The molecule has 1 saturated heterocycles. The van der Waals surface area contributed by atoms with Gasteiger partial charge in [-0.15, -0.1) is 0 Å². The minimum Gasteiger partial charge on any atom is -0.473 e. The number of amides is 1. The first-order chi connectivity index (χ1) is 17.0. The van der Waals surface area contributed by atoms with Crippen LogP contribution in [0.25, 0.3) is 11.0 Å². The molecular weight excluding hydrogens is 483 g/mol. The Balaban J connectivity index is 0.000000538. The Kier molecular flexibility index (Phi) is 8.59. The molecule has 0 unspecified atom stereocenters. The molecule has 0 radical (unpaired) electrons. The molecule has 2 aromatic heterocycles. The summed E-state index contributed by atoms with van der Waals surface area (Å²) in [6, 6.07) is 12.0. The molecule has 10 nitrogen and oxygen atoms in total. The molecular formula is C23H24F3N5O5. The molecule has 1 aromatic carbocycles. The Bertz CT molecular complexity index is 1200. The van der Waals surface area contributed by atoms with E-state index in [4.69, 9.17) is 19.8 Å². The number of nitrogens with zero attached hydrogens (tertiary/aromatic N) is 4. The number of anilines is 1. The van der Waals surface area contributed by atoms with E-state index in [1.807, 2.05) is 4.90 Å². The SMILES string of the molecule is O=C(CN1CCC(Cn2c(C(F)(F)F)nc3ccccc32)CC1)Nc1ccccn1.O=C(O)C(=O)O. The minimum atomic E-state index is -4.50. The van der Waals surface area contributed by atoms with Gasteiger partial charge in [0.15, 0.2) is 0 Å². The summed E-state index contributed by atoms with van der Waals surface area (Å²) in [5.41, 5.74) is 0.857. The van der Waals surface area contributed by atoms with Crippen molar-refractivity contribution in [1.82, 2.24) is 19.4 Å². The number of carbonyl (C=O) groups excluding carboxylic acids is 1. The Labute approximate surface area is 203 Å². The summed E-state index contributed by atoms with van der Waals surface area (Å²) in [6.45, 7) is 1.83. The van der Waals surface area contributed by atoms with Crippen LogP contribution in [0.3, 0.4) is 0 Å². The van der Waals surface area contributed by atoms with Crippen molar-refractivity contribution in [2.45, 2.75) is 25.6 Å². The van der Waals surface area contributed by atoms with E-state index in [9.17, 15) is 18.0 Å². The summed E-state index contributed by atoms with van der Waals surface area (Å²) in [7, 11) is 0. The number of hydrogen-bond donors (Lipinski definition) is 3. The Hall–Kier alpha value is -4.00. The number of likely N-dealkylation sites (tertiary alicyclic amines) is 1. The number of para-hydroxylation sites is 2. The van der Waals surface area contributed by atoms with Gasteiger partial charge in [-0.25, -0.2) is 19.6 Å². The highest BCUT2D eigenvalue weighted by Crippen LogP contribution is 2.33. The van der Waals surface area contributed by atoms with Gasteiger partial charge in [-0.1, -0.05) is 18.2 Å². The number of aliphatic carboxylic acids is 2. The third-order valence-electron chi connectivity index (χ3n) is 5.54. The number of carboxylic acids is 2. The number of piperidine rings is 1. The number of alkyl halides is 3. The number of fused-ring (bicyclic) bond motifs is 1. The molecule has 3 heterocycles. The van der Waals surface area contributed by atoms with Crippen molar-refractivity contribution >= 4 is 34.7 Å². The summed E-state index contributed by atoms with van der Waals surface area (Å²) in [5.74, 6) is -4.04. The van der Waals surface area contributed by atoms with E-state index in [1.54, 1.807) is 48.7 Å². The Morgan fingerprint density at radius 1 is 1.00 bits per heavy atom. The molecule has 13 heteroatoms. The first kappa shape index (κ1) is 26.6. The maximum absolute atomic E-state index is 13.5. The van der Waals surface area contributed by atoms with Crippen LogP contribution in [0, 0.1) is 5.92 Å². The maximum atomic E-state index is 13.5. The highest BCUT2D eigenvalue weighted by atomic mass is 19.4. The van der Waals surface area contributed by atoms with Gasteiger partial charge in [-0.3, -0.25) is 9.69 Å². The number of aromatic nitrogens is 3. The predicted molar refractivity (Wildman–Crippen MR) is 122 cm³/mol. The third-order valence-corrected chi connectivity index (χ3v) is 5.54. The van der Waals surface area contributed by atoms with Gasteiger partial charge in [0.1, 0.15) is 5.82 Å². The molecule has 3 N–H and O–H groups in total. The molecule has 36 heavy (non-hydrogen) atoms. The van der Waals surface area contributed by atoms with Crippen molar-refractivity contribution in [1.29, 1.82) is 0 Å². The number of halogens is 3. The minimum absolute atomic E-state index is 0.0961. The van der Waals surface area contributed by atoms with Crippen molar-refractivity contribution < 1.29 is 37.8 Å². The largest absolute Gasteiger partial charge is 0.473 e. The van der Waals surface area contributed by atoms with E-state index in [1.165, 1.54) is 4.57 Å². The van der Waals surface area contributed by atoms with Crippen LogP contribution in [0.5, 0.6) is 0 Å². The molecule has 192 valence electrons. The monoisotopic (exact) mass is 507 g/mol. The first-order valence-electron chi connectivity index (χ1n) is 11.0. The normalized spacial score (nSPS) is 14.6. The Morgan fingerprint density at radius 2 is 1.64 bits per heavy atom. The standard InChI is InChI=1S/C21H22F3N5O.C2H2O4/c22-21(23,24)20-26-16-5-1-2-6-17(16)29(20)13-15-8-11-28(12-9-15)14-19(30)27-18-7-3-4-10-25-18;3-1(4)2(5)6/h1-7,10,15H,8-9,11-14H2,(H,25,27,30);(H,3,4)(H,5,6). The van der Waals surface area contributed by atoms with Crippen LogP contribution in [0.2, 0.25) is 0 Å². The van der Waals surface area contributed by atoms with Gasteiger partial charge in [0, 0.05) is 12.7 Å². The first-order valence-corrected chi connectivity index (χ1v) is 11.0. The molecule has 1 fully saturated rings. The molecule has 1 aliphatic heterocycles. The molecule has 0 atom stereocenters. The summed E-state index contributed by atoms with van der Waals surface area (Å²) in [6.07, 6.45) is -1.44. The van der Waals surface area contributed by atoms with Gasteiger partial charge in [-0.05, 0) is 56.1 Å². The molecule has 0 saturated carbocycles. The van der Waals surface area contributed by atoms with Crippen LogP contribution in [-0.2, 0) is 27.1 Å². The number of pyridine rings is 1. The lowest BCUT2D eigenvalue weighted by Crippen LogP contribution is -2.40. The van der Waals surface area contributed by atoms with E-state index < -0.39 is 23.9 Å². The lowest BCUT2D eigenvalue weighted by atomic mass is 9.96. The third kappa shape index (κ3) is 7.25. The number of benzene rings is 1. The molecule has 4 rings (SSSR count). The zero-order chi connectivity index (χ0) is 26.3. The molecule has 1 aliphatic rings. The quantitative estimate of drug-likeness (QED) is 0.448. The van der Waals surface area contributed by atoms with Gasteiger partial charge in [-0.2, -0.15) is 13.2 Å². The summed E-state index contributed by atoms with van der Waals surface area (Å²) in [5, 5.41) is 17.5. The fraction of sp³-hybridized carbons (Fsp3) is 0.348. The maximum Gasteiger partial charge on any atom is 0.449 e. The van der Waals surface area contributed by atoms with Crippen molar-refractivity contribution in [2.24, 2.45) is 5.92 Å². The highest BCUT2D eigenvalue weighted by Gasteiger charge is 2.38. The van der Waals surface area contributed by atoms with Crippen LogP contribution in [0.15, 0.2) is 48.7 Å². The summed E-state index contributed by atoms with van der Waals surface area (Å²) in [4.78, 5) is 40.3. The number of carboxylic acid groups (broad SMARTS) is 2.